The van der Waals surface area contributed by atoms with Crippen molar-refractivity contribution in [2.75, 3.05) is 18.0 Å². The van der Waals surface area contributed by atoms with Gasteiger partial charge in [0.05, 0.1) is 5.69 Å². The van der Waals surface area contributed by atoms with Crippen LogP contribution in [0.1, 0.15) is 13.8 Å². The van der Waals surface area contributed by atoms with E-state index < -0.39 is 4.75 Å². The first-order chi connectivity index (χ1) is 9.54. The third-order valence-corrected chi connectivity index (χ3v) is 4.61. The molecule has 0 aromatic heterocycles. The van der Waals surface area contributed by atoms with Gasteiger partial charge in [-0.2, -0.15) is 0 Å². The van der Waals surface area contributed by atoms with Gasteiger partial charge in [-0.05, 0) is 26.0 Å². The van der Waals surface area contributed by atoms with Crippen molar-refractivity contribution < 1.29 is 9.59 Å². The highest BCUT2D eigenvalue weighted by Gasteiger charge is 2.48. The maximum atomic E-state index is 12.7. The number of fused-ring (bicyclic) bond motifs is 1. The van der Waals surface area contributed by atoms with E-state index in [0.29, 0.717) is 13.1 Å². The third-order valence-electron chi connectivity index (χ3n) is 3.28. The van der Waals surface area contributed by atoms with Gasteiger partial charge in [0.15, 0.2) is 4.75 Å². The number of nitrogens with zero attached hydrogens (tertiary/aromatic N) is 1. The fraction of sp³-hybridized carbons (Fsp3) is 0.333. The van der Waals surface area contributed by atoms with E-state index in [2.05, 4.69) is 11.9 Å². The lowest BCUT2D eigenvalue weighted by molar-refractivity contribution is -0.131. The highest BCUT2D eigenvalue weighted by Crippen LogP contribution is 2.45. The minimum absolute atomic E-state index is 0.176. The summed E-state index contributed by atoms with van der Waals surface area (Å²) in [4.78, 5) is 27.6. The zero-order valence-corrected chi connectivity index (χ0v) is 12.5. The monoisotopic (exact) mass is 290 g/mol. The van der Waals surface area contributed by atoms with Crippen molar-refractivity contribution in [3.8, 4) is 0 Å². The molecule has 1 aliphatic heterocycles. The molecule has 0 spiro atoms. The minimum Gasteiger partial charge on any atom is -0.351 e. The van der Waals surface area contributed by atoms with Crippen LogP contribution >= 0.6 is 11.8 Å². The Labute approximate surface area is 123 Å². The van der Waals surface area contributed by atoms with Crippen LogP contribution in [0.4, 0.5) is 5.69 Å². The summed E-state index contributed by atoms with van der Waals surface area (Å²) in [5.41, 5.74) is 0.874. The molecule has 1 aliphatic rings. The summed E-state index contributed by atoms with van der Waals surface area (Å²) < 4.78 is -1.13. The van der Waals surface area contributed by atoms with Gasteiger partial charge in [0.2, 0.25) is 5.91 Å². The van der Waals surface area contributed by atoms with Crippen molar-refractivity contribution in [3.05, 3.63) is 36.9 Å². The molecule has 106 valence electrons. The molecule has 5 heteroatoms. The number of hydrogen-bond donors (Lipinski definition) is 1. The number of amides is 2. The van der Waals surface area contributed by atoms with E-state index >= 15 is 0 Å². The predicted molar refractivity (Wildman–Crippen MR) is 81.9 cm³/mol. The molecular weight excluding hydrogens is 272 g/mol. The summed E-state index contributed by atoms with van der Waals surface area (Å²) in [7, 11) is 0. The Kier molecular flexibility index (Phi) is 4.18. The van der Waals surface area contributed by atoms with Crippen LogP contribution in [0.5, 0.6) is 0 Å². The summed E-state index contributed by atoms with van der Waals surface area (Å²) in [6, 6.07) is 7.66. The molecule has 2 amide bonds. The number of rotatable bonds is 4. The lowest BCUT2D eigenvalue weighted by Crippen LogP contribution is -2.56. The largest absolute Gasteiger partial charge is 0.351 e. The topological polar surface area (TPSA) is 49.4 Å². The van der Waals surface area contributed by atoms with Crippen LogP contribution in [0.3, 0.4) is 0 Å². The minimum atomic E-state index is -1.13. The SMILES string of the molecule is C=CCNC(=O)C1(C)Sc2ccccc2N(CC)C1=O. The van der Waals surface area contributed by atoms with Crippen molar-refractivity contribution in [1.29, 1.82) is 0 Å². The maximum Gasteiger partial charge on any atom is 0.252 e. The molecule has 1 unspecified atom stereocenters. The van der Waals surface area contributed by atoms with Crippen molar-refractivity contribution in [3.63, 3.8) is 0 Å². The lowest BCUT2D eigenvalue weighted by Gasteiger charge is -2.38. The van der Waals surface area contributed by atoms with Crippen LogP contribution in [-0.2, 0) is 9.59 Å². The molecule has 1 N–H and O–H groups in total. The molecule has 1 aromatic rings. The van der Waals surface area contributed by atoms with E-state index in [1.165, 1.54) is 11.8 Å². The molecule has 1 heterocycles. The van der Waals surface area contributed by atoms with Crippen molar-refractivity contribution in [1.82, 2.24) is 5.32 Å². The summed E-state index contributed by atoms with van der Waals surface area (Å²) in [6.45, 7) is 8.06. The molecule has 2 rings (SSSR count). The second-order valence-corrected chi connectivity index (χ2v) is 6.11. The molecular formula is C15H18N2O2S. The van der Waals surface area contributed by atoms with Crippen molar-refractivity contribution in [2.45, 2.75) is 23.5 Å². The van der Waals surface area contributed by atoms with Crippen LogP contribution in [0.15, 0.2) is 41.8 Å². The lowest BCUT2D eigenvalue weighted by atomic mass is 10.1. The summed E-state index contributed by atoms with van der Waals surface area (Å²) in [5.74, 6) is -0.453. The fourth-order valence-corrected chi connectivity index (χ4v) is 3.42. The number of anilines is 1. The summed E-state index contributed by atoms with van der Waals surface area (Å²) >= 11 is 1.31. The van der Waals surface area contributed by atoms with Gasteiger partial charge in [-0.1, -0.05) is 30.0 Å². The molecule has 1 aromatic carbocycles. The first-order valence-electron chi connectivity index (χ1n) is 6.53. The van der Waals surface area contributed by atoms with Gasteiger partial charge in [-0.25, -0.2) is 0 Å². The standard InChI is InChI=1S/C15H18N2O2S/c1-4-10-16-13(18)15(3)14(19)17(5-2)11-8-6-7-9-12(11)20-15/h4,6-9H,1,5,10H2,2-3H3,(H,16,18). The van der Waals surface area contributed by atoms with E-state index in [9.17, 15) is 9.59 Å². The van der Waals surface area contributed by atoms with E-state index in [0.717, 1.165) is 10.6 Å². The Morgan fingerprint density at radius 3 is 2.85 bits per heavy atom. The van der Waals surface area contributed by atoms with Gasteiger partial charge in [0.25, 0.3) is 5.91 Å². The van der Waals surface area contributed by atoms with E-state index in [-0.39, 0.29) is 11.8 Å². The summed E-state index contributed by atoms with van der Waals surface area (Å²) in [6.07, 6.45) is 1.60. The van der Waals surface area contributed by atoms with Gasteiger partial charge in [-0.15, -0.1) is 6.58 Å². The first-order valence-corrected chi connectivity index (χ1v) is 7.35. The Bertz CT molecular complexity index is 559. The van der Waals surface area contributed by atoms with Crippen LogP contribution in [-0.4, -0.2) is 29.7 Å². The smallest absolute Gasteiger partial charge is 0.252 e. The zero-order chi connectivity index (χ0) is 14.8. The summed E-state index contributed by atoms with van der Waals surface area (Å²) in [5, 5.41) is 2.72. The molecule has 0 radical (unpaired) electrons. The van der Waals surface area contributed by atoms with Gasteiger partial charge in [0, 0.05) is 18.0 Å². The van der Waals surface area contributed by atoms with Crippen LogP contribution in [0.25, 0.3) is 0 Å². The van der Waals surface area contributed by atoms with Gasteiger partial charge in [0.1, 0.15) is 0 Å². The maximum absolute atomic E-state index is 12.7. The highest BCUT2D eigenvalue weighted by molar-refractivity contribution is 8.02. The first kappa shape index (κ1) is 14.7. The van der Waals surface area contributed by atoms with E-state index in [1.807, 2.05) is 31.2 Å². The van der Waals surface area contributed by atoms with Gasteiger partial charge in [-0.3, -0.25) is 9.59 Å². The van der Waals surface area contributed by atoms with Crippen LogP contribution < -0.4 is 10.2 Å². The van der Waals surface area contributed by atoms with Gasteiger partial charge >= 0.3 is 0 Å². The van der Waals surface area contributed by atoms with Crippen molar-refractivity contribution in [2.24, 2.45) is 0 Å². The average Bonchev–Trinajstić information content (AvgIpc) is 2.46. The number of thioether (sulfide) groups is 1. The molecule has 4 nitrogen and oxygen atoms in total. The van der Waals surface area contributed by atoms with E-state index in [1.54, 1.807) is 17.9 Å². The third kappa shape index (κ3) is 2.33. The Balaban J connectivity index is 2.40. The molecule has 0 fully saturated rings. The molecule has 1 atom stereocenters. The zero-order valence-electron chi connectivity index (χ0n) is 11.7. The Morgan fingerprint density at radius 1 is 1.50 bits per heavy atom. The second kappa shape index (κ2) is 5.71. The number of hydrogen-bond acceptors (Lipinski definition) is 3. The van der Waals surface area contributed by atoms with Gasteiger partial charge < -0.3 is 10.2 Å². The molecule has 0 saturated carbocycles. The fourth-order valence-electron chi connectivity index (χ4n) is 2.19. The highest BCUT2D eigenvalue weighted by atomic mass is 32.2. The quantitative estimate of drug-likeness (QED) is 0.683. The van der Waals surface area contributed by atoms with E-state index in [4.69, 9.17) is 0 Å². The normalized spacial score (nSPS) is 21.3. The Morgan fingerprint density at radius 2 is 2.20 bits per heavy atom. The number of para-hydroxylation sites is 1. The number of carbonyl (C=O) groups is 2. The molecule has 20 heavy (non-hydrogen) atoms. The number of carbonyl (C=O) groups excluding carboxylic acids is 2. The predicted octanol–water partition coefficient (Wildman–Crippen LogP) is 2.21. The number of nitrogens with one attached hydrogen (secondary N) is 1. The second-order valence-electron chi connectivity index (χ2n) is 4.65. The molecule has 0 aliphatic carbocycles. The van der Waals surface area contributed by atoms with Crippen LogP contribution in [0.2, 0.25) is 0 Å². The van der Waals surface area contributed by atoms with Crippen LogP contribution in [0, 0.1) is 0 Å². The number of benzene rings is 1. The van der Waals surface area contributed by atoms with Crippen molar-refractivity contribution >= 4 is 29.3 Å². The molecule has 0 bridgehead atoms. The molecule has 0 saturated heterocycles. The Hall–Kier alpha value is -1.75. The average molecular weight is 290 g/mol.